The second-order valence-corrected chi connectivity index (χ2v) is 7.48. The predicted octanol–water partition coefficient (Wildman–Crippen LogP) is 3.22. The lowest BCUT2D eigenvalue weighted by molar-refractivity contribution is 0.0973. The average molecular weight is 447 g/mol. The quantitative estimate of drug-likeness (QED) is 0.565. The molecule has 1 aromatic heterocycles. The van der Waals surface area contributed by atoms with Gasteiger partial charge < -0.3 is 4.74 Å². The lowest BCUT2D eigenvalue weighted by Crippen LogP contribution is -2.43. The maximum absolute atomic E-state index is 12.8. The Hall–Kier alpha value is -3.96. The molecule has 0 aliphatic carbocycles. The van der Waals surface area contributed by atoms with Crippen molar-refractivity contribution < 1.29 is 9.53 Å². The van der Waals surface area contributed by atoms with E-state index in [1.54, 1.807) is 44.2 Å². The van der Waals surface area contributed by atoms with Crippen LogP contribution in [0.4, 0.5) is 0 Å². The van der Waals surface area contributed by atoms with E-state index in [9.17, 15) is 14.9 Å². The summed E-state index contributed by atoms with van der Waals surface area (Å²) in [6.45, 7) is 3.79. The molecule has 7 nitrogen and oxygen atoms in total. The monoisotopic (exact) mass is 446 g/mol. The molecule has 0 atom stereocenters. The minimum Gasteiger partial charge on any atom is -0.492 e. The standard InChI is InChI=1S/C24H22N4O3S/c1-16-14-17(2)28(23(30)20(16)15-25)27-24(32)26-22(29)19-10-6-7-11-21(19)31-13-12-18-8-4-3-5-9-18/h3-11,14H,12-13H2,1-2H3,(H2,26,27,29,32). The van der Waals surface area contributed by atoms with Gasteiger partial charge in [-0.25, -0.2) is 4.68 Å². The zero-order chi connectivity index (χ0) is 23.1. The molecule has 32 heavy (non-hydrogen) atoms. The van der Waals surface area contributed by atoms with Crippen LogP contribution in [0.15, 0.2) is 65.5 Å². The highest BCUT2D eigenvalue weighted by atomic mass is 32.1. The second-order valence-electron chi connectivity index (χ2n) is 7.07. The van der Waals surface area contributed by atoms with Crippen molar-refractivity contribution in [2.45, 2.75) is 20.3 Å². The predicted molar refractivity (Wildman–Crippen MR) is 126 cm³/mol. The van der Waals surface area contributed by atoms with Crippen molar-refractivity contribution in [1.82, 2.24) is 9.99 Å². The topological polar surface area (TPSA) is 96.2 Å². The van der Waals surface area contributed by atoms with Crippen LogP contribution in [0.1, 0.15) is 32.7 Å². The summed E-state index contributed by atoms with van der Waals surface area (Å²) in [4.78, 5) is 25.3. The van der Waals surface area contributed by atoms with E-state index in [2.05, 4.69) is 10.7 Å². The van der Waals surface area contributed by atoms with Crippen LogP contribution >= 0.6 is 12.2 Å². The Labute approximate surface area is 191 Å². The Kier molecular flexibility index (Phi) is 7.37. The number of aromatic nitrogens is 1. The molecule has 0 saturated carbocycles. The number of nitrogens with one attached hydrogen (secondary N) is 2. The van der Waals surface area contributed by atoms with Crippen LogP contribution in [0.2, 0.25) is 0 Å². The van der Waals surface area contributed by atoms with Crippen molar-refractivity contribution in [3.63, 3.8) is 0 Å². The van der Waals surface area contributed by atoms with Gasteiger partial charge in [-0.1, -0.05) is 42.5 Å². The summed E-state index contributed by atoms with van der Waals surface area (Å²) in [5.41, 5.74) is 4.72. The zero-order valence-electron chi connectivity index (χ0n) is 17.7. The summed E-state index contributed by atoms with van der Waals surface area (Å²) in [6, 6.07) is 20.3. The van der Waals surface area contributed by atoms with Gasteiger partial charge in [-0.15, -0.1) is 0 Å². The number of benzene rings is 2. The van der Waals surface area contributed by atoms with Crippen LogP contribution in [0.5, 0.6) is 5.75 Å². The van der Waals surface area contributed by atoms with E-state index in [0.717, 1.165) is 10.2 Å². The van der Waals surface area contributed by atoms with Gasteiger partial charge >= 0.3 is 0 Å². The number of hydrogen-bond donors (Lipinski definition) is 2. The van der Waals surface area contributed by atoms with Gasteiger partial charge in [0.25, 0.3) is 11.5 Å². The number of rotatable bonds is 6. The lowest BCUT2D eigenvalue weighted by Gasteiger charge is -2.16. The Bertz CT molecular complexity index is 1250. The van der Waals surface area contributed by atoms with Gasteiger partial charge in [0.1, 0.15) is 17.4 Å². The number of para-hydroxylation sites is 1. The maximum atomic E-state index is 12.8. The van der Waals surface area contributed by atoms with E-state index in [4.69, 9.17) is 17.0 Å². The number of nitrogens with zero attached hydrogens (tertiary/aromatic N) is 2. The van der Waals surface area contributed by atoms with E-state index < -0.39 is 11.5 Å². The number of carbonyl (C=O) groups is 1. The summed E-state index contributed by atoms with van der Waals surface area (Å²) in [5.74, 6) is -0.0460. The van der Waals surface area contributed by atoms with E-state index >= 15 is 0 Å². The third-order valence-corrected chi connectivity index (χ3v) is 4.96. The van der Waals surface area contributed by atoms with Gasteiger partial charge in [0, 0.05) is 12.1 Å². The highest BCUT2D eigenvalue weighted by molar-refractivity contribution is 7.80. The summed E-state index contributed by atoms with van der Waals surface area (Å²) in [7, 11) is 0. The Morgan fingerprint density at radius 2 is 1.81 bits per heavy atom. The first-order valence-corrected chi connectivity index (χ1v) is 10.3. The molecule has 0 saturated heterocycles. The average Bonchev–Trinajstić information content (AvgIpc) is 2.78. The van der Waals surface area contributed by atoms with Crippen LogP contribution in [0, 0.1) is 25.2 Å². The summed E-state index contributed by atoms with van der Waals surface area (Å²) >= 11 is 5.21. The van der Waals surface area contributed by atoms with Crippen LogP contribution in [-0.4, -0.2) is 22.3 Å². The minimum absolute atomic E-state index is 0.00869. The molecule has 8 heteroatoms. The van der Waals surface area contributed by atoms with E-state index in [0.29, 0.717) is 35.6 Å². The number of ether oxygens (including phenoxy) is 1. The molecule has 3 rings (SSSR count). The first-order valence-electron chi connectivity index (χ1n) is 9.92. The summed E-state index contributed by atoms with van der Waals surface area (Å²) < 4.78 is 6.96. The molecule has 162 valence electrons. The second kappa shape index (κ2) is 10.4. The van der Waals surface area contributed by atoms with Crippen LogP contribution < -0.4 is 21.0 Å². The van der Waals surface area contributed by atoms with E-state index in [1.807, 2.05) is 36.4 Å². The molecule has 0 radical (unpaired) electrons. The van der Waals surface area contributed by atoms with Crippen molar-refractivity contribution in [3.05, 3.63) is 99.0 Å². The fraction of sp³-hybridized carbons (Fsp3) is 0.167. The highest BCUT2D eigenvalue weighted by Gasteiger charge is 2.15. The SMILES string of the molecule is Cc1cc(C)n(NC(=S)NC(=O)c2ccccc2OCCc2ccccc2)c(=O)c1C#N. The molecule has 1 amide bonds. The fourth-order valence-corrected chi connectivity index (χ4v) is 3.35. The lowest BCUT2D eigenvalue weighted by atomic mass is 10.1. The number of pyridine rings is 1. The van der Waals surface area contributed by atoms with Crippen molar-refractivity contribution >= 4 is 23.2 Å². The Morgan fingerprint density at radius 3 is 2.53 bits per heavy atom. The van der Waals surface area contributed by atoms with E-state index in [-0.39, 0.29) is 10.7 Å². The van der Waals surface area contributed by atoms with Crippen LogP contribution in [0.25, 0.3) is 0 Å². The van der Waals surface area contributed by atoms with Crippen LogP contribution in [-0.2, 0) is 6.42 Å². The first-order chi connectivity index (χ1) is 15.4. The smallest absolute Gasteiger partial charge is 0.287 e. The third kappa shape index (κ3) is 5.39. The molecule has 0 aliphatic heterocycles. The maximum Gasteiger partial charge on any atom is 0.287 e. The van der Waals surface area contributed by atoms with Gasteiger partial charge in [0.05, 0.1) is 12.2 Å². The number of hydrogen-bond acceptors (Lipinski definition) is 5. The fourth-order valence-electron chi connectivity index (χ4n) is 3.17. The van der Waals surface area contributed by atoms with Crippen molar-refractivity contribution in [2.75, 3.05) is 12.0 Å². The van der Waals surface area contributed by atoms with Gasteiger partial charge in [-0.3, -0.25) is 20.3 Å². The van der Waals surface area contributed by atoms with Gasteiger partial charge in [0.15, 0.2) is 5.11 Å². The van der Waals surface area contributed by atoms with Gasteiger partial charge in [-0.05, 0) is 55.4 Å². The molecule has 2 N–H and O–H groups in total. The van der Waals surface area contributed by atoms with Gasteiger partial charge in [-0.2, -0.15) is 5.26 Å². The highest BCUT2D eigenvalue weighted by Crippen LogP contribution is 2.18. The summed E-state index contributed by atoms with van der Waals surface area (Å²) in [6.07, 6.45) is 0.702. The number of carbonyl (C=O) groups excluding carboxylic acids is 1. The van der Waals surface area contributed by atoms with E-state index in [1.165, 1.54) is 0 Å². The van der Waals surface area contributed by atoms with Crippen LogP contribution in [0.3, 0.4) is 0 Å². The largest absolute Gasteiger partial charge is 0.492 e. The normalized spacial score (nSPS) is 10.2. The number of amides is 1. The molecule has 0 aliphatic rings. The van der Waals surface area contributed by atoms with Crippen molar-refractivity contribution in [1.29, 1.82) is 5.26 Å². The number of thiocarbonyl (C=S) groups is 1. The molecular formula is C24H22N4O3S. The summed E-state index contributed by atoms with van der Waals surface area (Å²) in [5, 5.41) is 11.7. The zero-order valence-corrected chi connectivity index (χ0v) is 18.5. The molecule has 3 aromatic rings. The van der Waals surface area contributed by atoms with Gasteiger partial charge in [0.2, 0.25) is 0 Å². The molecule has 0 bridgehead atoms. The van der Waals surface area contributed by atoms with Crippen molar-refractivity contribution in [3.8, 4) is 11.8 Å². The minimum atomic E-state index is -0.536. The number of nitriles is 1. The third-order valence-electron chi connectivity index (χ3n) is 4.76. The Morgan fingerprint density at radius 1 is 1.12 bits per heavy atom. The molecular weight excluding hydrogens is 424 g/mol. The molecule has 0 unspecified atom stereocenters. The molecule has 0 fully saturated rings. The molecule has 2 aromatic carbocycles. The first kappa shape index (κ1) is 22.7. The molecule has 1 heterocycles. The van der Waals surface area contributed by atoms with Crippen molar-refractivity contribution in [2.24, 2.45) is 0 Å². The molecule has 0 spiro atoms. The Balaban J connectivity index is 1.68. The number of aryl methyl sites for hydroxylation is 2.